The van der Waals surface area contributed by atoms with E-state index in [4.69, 9.17) is 10.5 Å². The molecule has 3 aromatic carbocycles. The van der Waals surface area contributed by atoms with Crippen LogP contribution in [0.25, 0.3) is 0 Å². The fraction of sp³-hybridized carbons (Fsp3) is 0.0870. The van der Waals surface area contributed by atoms with Gasteiger partial charge in [-0.15, -0.1) is 0 Å². The van der Waals surface area contributed by atoms with Crippen molar-refractivity contribution in [2.75, 3.05) is 11.9 Å². The summed E-state index contributed by atoms with van der Waals surface area (Å²) in [6.45, 7) is 0.120. The minimum Gasteiger partial charge on any atom is -0.457 e. The predicted octanol–water partition coefficient (Wildman–Crippen LogP) is 3.34. The van der Waals surface area contributed by atoms with Crippen molar-refractivity contribution in [3.63, 3.8) is 0 Å². The van der Waals surface area contributed by atoms with E-state index in [1.165, 1.54) is 0 Å². The molecule has 3 aromatic rings. The van der Waals surface area contributed by atoms with Crippen molar-refractivity contribution >= 4 is 23.4 Å². The molecule has 0 aliphatic rings. The van der Waals surface area contributed by atoms with Crippen molar-refractivity contribution in [1.29, 1.82) is 0 Å². The lowest BCUT2D eigenvalue weighted by molar-refractivity contribution is -0.117. The van der Waals surface area contributed by atoms with E-state index in [2.05, 4.69) is 10.6 Å². The van der Waals surface area contributed by atoms with E-state index < -0.39 is 11.8 Å². The Morgan fingerprint density at radius 1 is 0.800 bits per heavy atom. The Labute approximate surface area is 173 Å². The summed E-state index contributed by atoms with van der Waals surface area (Å²) in [6.07, 6.45) is 0.0362. The molecular weight excluding hydrogens is 382 g/mol. The molecule has 0 saturated heterocycles. The summed E-state index contributed by atoms with van der Waals surface area (Å²) in [6, 6.07) is 22.6. The Hall–Kier alpha value is -4.13. The largest absolute Gasteiger partial charge is 0.457 e. The molecule has 30 heavy (non-hydrogen) atoms. The number of hydrogen-bond donors (Lipinski definition) is 3. The molecular formula is C23H21N3O4. The lowest BCUT2D eigenvalue weighted by Gasteiger charge is -2.12. The van der Waals surface area contributed by atoms with Gasteiger partial charge < -0.3 is 21.1 Å². The van der Waals surface area contributed by atoms with Crippen LogP contribution in [-0.2, 0) is 4.79 Å². The lowest BCUT2D eigenvalue weighted by Crippen LogP contribution is -2.28. The summed E-state index contributed by atoms with van der Waals surface area (Å²) < 4.78 is 5.76. The number of nitrogens with two attached hydrogens (primary N) is 1. The zero-order valence-corrected chi connectivity index (χ0v) is 16.1. The van der Waals surface area contributed by atoms with Crippen LogP contribution in [0.2, 0.25) is 0 Å². The van der Waals surface area contributed by atoms with Crippen LogP contribution in [0.5, 0.6) is 11.5 Å². The number of carbonyl (C=O) groups is 3. The number of primary amides is 1. The highest BCUT2D eigenvalue weighted by atomic mass is 16.5. The summed E-state index contributed by atoms with van der Waals surface area (Å²) in [5.41, 5.74) is 6.10. The zero-order valence-electron chi connectivity index (χ0n) is 16.1. The molecule has 3 rings (SSSR count). The Morgan fingerprint density at radius 2 is 1.50 bits per heavy atom. The van der Waals surface area contributed by atoms with Crippen LogP contribution >= 0.6 is 0 Å². The maximum atomic E-state index is 12.7. The van der Waals surface area contributed by atoms with E-state index in [9.17, 15) is 14.4 Å². The van der Waals surface area contributed by atoms with Gasteiger partial charge >= 0.3 is 0 Å². The molecule has 0 aliphatic heterocycles. The van der Waals surface area contributed by atoms with E-state index in [1.807, 2.05) is 30.3 Å². The molecule has 152 valence electrons. The van der Waals surface area contributed by atoms with Gasteiger partial charge in [-0.2, -0.15) is 0 Å². The van der Waals surface area contributed by atoms with Crippen molar-refractivity contribution in [2.45, 2.75) is 6.42 Å². The first kappa shape index (κ1) is 20.6. The van der Waals surface area contributed by atoms with E-state index in [-0.39, 0.29) is 24.4 Å². The standard InChI is InChI=1S/C23H21N3O4/c24-21(27)13-14-25-23(29)19-11-4-5-12-20(19)26-22(28)16-7-6-10-18(15-16)30-17-8-2-1-3-9-17/h1-12,15H,13-14H2,(H2,24,27)(H,25,29)(H,26,28). The summed E-state index contributed by atoms with van der Waals surface area (Å²) in [4.78, 5) is 36.0. The van der Waals surface area contributed by atoms with Gasteiger partial charge in [0.25, 0.3) is 11.8 Å². The van der Waals surface area contributed by atoms with Crippen LogP contribution in [0.15, 0.2) is 78.9 Å². The lowest BCUT2D eigenvalue weighted by atomic mass is 10.1. The molecule has 0 heterocycles. The number of nitrogens with one attached hydrogen (secondary N) is 2. The Bertz CT molecular complexity index is 1050. The quantitative estimate of drug-likeness (QED) is 0.536. The monoisotopic (exact) mass is 403 g/mol. The van der Waals surface area contributed by atoms with E-state index in [0.717, 1.165) is 0 Å². The molecule has 0 fully saturated rings. The van der Waals surface area contributed by atoms with Crippen molar-refractivity contribution < 1.29 is 19.1 Å². The number of carbonyl (C=O) groups excluding carboxylic acids is 3. The third kappa shape index (κ3) is 5.68. The summed E-state index contributed by atoms with van der Waals surface area (Å²) in [5.74, 6) is -0.118. The molecule has 7 heteroatoms. The Kier molecular flexibility index (Phi) is 6.78. The first-order chi connectivity index (χ1) is 14.5. The van der Waals surface area contributed by atoms with Crippen LogP contribution in [0, 0.1) is 0 Å². The topological polar surface area (TPSA) is 111 Å². The molecule has 4 N–H and O–H groups in total. The van der Waals surface area contributed by atoms with Gasteiger partial charge in [0.15, 0.2) is 0 Å². The number of benzene rings is 3. The van der Waals surface area contributed by atoms with Crippen LogP contribution in [0.3, 0.4) is 0 Å². The fourth-order valence-corrected chi connectivity index (χ4v) is 2.70. The van der Waals surface area contributed by atoms with Gasteiger partial charge in [0.2, 0.25) is 5.91 Å². The van der Waals surface area contributed by atoms with Crippen LogP contribution < -0.4 is 21.1 Å². The maximum absolute atomic E-state index is 12.7. The third-order valence-corrected chi connectivity index (χ3v) is 4.15. The van der Waals surface area contributed by atoms with Crippen LogP contribution in [0.4, 0.5) is 5.69 Å². The maximum Gasteiger partial charge on any atom is 0.255 e. The number of ether oxygens (including phenoxy) is 1. The highest BCUT2D eigenvalue weighted by molar-refractivity contribution is 6.09. The second kappa shape index (κ2) is 9.88. The molecule has 0 aliphatic carbocycles. The average Bonchev–Trinajstić information content (AvgIpc) is 2.74. The smallest absolute Gasteiger partial charge is 0.255 e. The summed E-state index contributed by atoms with van der Waals surface area (Å²) in [5, 5.41) is 5.36. The summed E-state index contributed by atoms with van der Waals surface area (Å²) >= 11 is 0. The third-order valence-electron chi connectivity index (χ3n) is 4.15. The average molecular weight is 403 g/mol. The molecule has 0 saturated carbocycles. The first-order valence-electron chi connectivity index (χ1n) is 9.33. The van der Waals surface area contributed by atoms with Gasteiger partial charge in [-0.1, -0.05) is 36.4 Å². The number of anilines is 1. The van der Waals surface area contributed by atoms with Gasteiger partial charge in [-0.05, 0) is 42.5 Å². The van der Waals surface area contributed by atoms with Crippen LogP contribution in [-0.4, -0.2) is 24.3 Å². The van der Waals surface area contributed by atoms with E-state index in [1.54, 1.807) is 48.5 Å². The van der Waals surface area contributed by atoms with Gasteiger partial charge in [0, 0.05) is 18.5 Å². The molecule has 0 atom stereocenters. The van der Waals surface area contributed by atoms with Gasteiger partial charge in [0.05, 0.1) is 11.3 Å². The first-order valence-corrected chi connectivity index (χ1v) is 9.33. The Morgan fingerprint density at radius 3 is 2.27 bits per heavy atom. The summed E-state index contributed by atoms with van der Waals surface area (Å²) in [7, 11) is 0. The highest BCUT2D eigenvalue weighted by Gasteiger charge is 2.14. The molecule has 0 bridgehead atoms. The van der Waals surface area contributed by atoms with E-state index >= 15 is 0 Å². The molecule has 3 amide bonds. The van der Waals surface area contributed by atoms with Crippen molar-refractivity contribution in [3.05, 3.63) is 90.0 Å². The molecule has 0 aromatic heterocycles. The van der Waals surface area contributed by atoms with Crippen molar-refractivity contribution in [1.82, 2.24) is 5.32 Å². The molecule has 0 unspecified atom stereocenters. The fourth-order valence-electron chi connectivity index (χ4n) is 2.70. The molecule has 7 nitrogen and oxygen atoms in total. The minimum absolute atomic E-state index is 0.0362. The number of hydrogen-bond acceptors (Lipinski definition) is 4. The van der Waals surface area contributed by atoms with Crippen molar-refractivity contribution in [2.24, 2.45) is 5.73 Å². The number of para-hydroxylation sites is 2. The SMILES string of the molecule is NC(=O)CCNC(=O)c1ccccc1NC(=O)c1cccc(Oc2ccccc2)c1. The van der Waals surface area contributed by atoms with Crippen molar-refractivity contribution in [3.8, 4) is 11.5 Å². The van der Waals surface area contributed by atoms with Gasteiger partial charge in [-0.25, -0.2) is 0 Å². The van der Waals surface area contributed by atoms with E-state index in [0.29, 0.717) is 22.7 Å². The minimum atomic E-state index is -0.505. The number of rotatable bonds is 8. The second-order valence-electron chi connectivity index (χ2n) is 6.41. The zero-order chi connectivity index (χ0) is 21.3. The van der Waals surface area contributed by atoms with Gasteiger partial charge in [0.1, 0.15) is 11.5 Å². The normalized spacial score (nSPS) is 10.1. The van der Waals surface area contributed by atoms with Crippen LogP contribution in [0.1, 0.15) is 27.1 Å². The molecule has 0 spiro atoms. The predicted molar refractivity (Wildman–Crippen MR) is 113 cm³/mol. The second-order valence-corrected chi connectivity index (χ2v) is 6.41. The highest BCUT2D eigenvalue weighted by Crippen LogP contribution is 2.23. The molecule has 0 radical (unpaired) electrons. The number of amides is 3. The van der Waals surface area contributed by atoms with Gasteiger partial charge in [-0.3, -0.25) is 14.4 Å². The Balaban J connectivity index is 1.71.